The smallest absolute Gasteiger partial charge is 0.115 e. The highest BCUT2D eigenvalue weighted by Gasteiger charge is 2.04. The molecule has 0 spiro atoms. The van der Waals surface area contributed by atoms with Gasteiger partial charge in [0.1, 0.15) is 5.75 Å². The van der Waals surface area contributed by atoms with Gasteiger partial charge in [-0.15, -0.1) is 11.3 Å². The van der Waals surface area contributed by atoms with Gasteiger partial charge in [-0.25, -0.2) is 0 Å². The minimum Gasteiger partial charge on any atom is -0.508 e. The molecule has 1 heterocycles. The highest BCUT2D eigenvalue weighted by Crippen LogP contribution is 2.13. The topological polar surface area (TPSA) is 23.5 Å². The molecule has 0 aliphatic heterocycles. The van der Waals surface area contributed by atoms with E-state index in [0.29, 0.717) is 5.75 Å². The lowest BCUT2D eigenvalue weighted by Gasteiger charge is -2.18. The zero-order valence-corrected chi connectivity index (χ0v) is 12.5. The van der Waals surface area contributed by atoms with Crippen molar-refractivity contribution in [3.63, 3.8) is 0 Å². The van der Waals surface area contributed by atoms with Crippen LogP contribution in [0.4, 0.5) is 0 Å². The highest BCUT2D eigenvalue weighted by molar-refractivity contribution is 7.10. The number of hydrogen-bond donors (Lipinski definition) is 1. The molecule has 1 aromatic heterocycles. The Kier molecular flexibility index (Phi) is 5.67. The van der Waals surface area contributed by atoms with Crippen LogP contribution in [0, 0.1) is 11.8 Å². The maximum Gasteiger partial charge on any atom is 0.115 e. The van der Waals surface area contributed by atoms with E-state index in [0.717, 1.165) is 36.5 Å². The molecule has 0 saturated heterocycles. The Balaban J connectivity index is 1.96. The van der Waals surface area contributed by atoms with Gasteiger partial charge in [0, 0.05) is 6.54 Å². The lowest BCUT2D eigenvalue weighted by atomic mass is 10.2. The van der Waals surface area contributed by atoms with Crippen LogP contribution in [0.2, 0.25) is 0 Å². The Hall–Kier alpha value is -1.76. The summed E-state index contributed by atoms with van der Waals surface area (Å²) < 4.78 is 0. The van der Waals surface area contributed by atoms with Crippen LogP contribution >= 0.6 is 11.3 Å². The Bertz CT molecular complexity index is 581. The summed E-state index contributed by atoms with van der Waals surface area (Å²) in [5, 5.41) is 11.6. The summed E-state index contributed by atoms with van der Waals surface area (Å²) in [6, 6.07) is 11.5. The quantitative estimate of drug-likeness (QED) is 0.846. The molecule has 3 heteroatoms. The first-order valence-electron chi connectivity index (χ1n) is 6.80. The van der Waals surface area contributed by atoms with E-state index >= 15 is 0 Å². The first kappa shape index (κ1) is 14.6. The van der Waals surface area contributed by atoms with Crippen molar-refractivity contribution in [1.29, 1.82) is 0 Å². The molecule has 0 amide bonds. The molecule has 0 unspecified atom stereocenters. The molecule has 2 nitrogen and oxygen atoms in total. The molecule has 20 heavy (non-hydrogen) atoms. The predicted molar refractivity (Wildman–Crippen MR) is 84.9 cm³/mol. The molecule has 0 bridgehead atoms. The van der Waals surface area contributed by atoms with Crippen LogP contribution < -0.4 is 0 Å². The Morgan fingerprint density at radius 2 is 2.15 bits per heavy atom. The minimum atomic E-state index is 0.323. The lowest BCUT2D eigenvalue weighted by Crippen LogP contribution is -2.24. The van der Waals surface area contributed by atoms with Crippen molar-refractivity contribution in [3.05, 3.63) is 52.2 Å². The van der Waals surface area contributed by atoms with E-state index in [1.165, 1.54) is 0 Å². The van der Waals surface area contributed by atoms with Crippen LogP contribution in [0.5, 0.6) is 5.75 Å². The Morgan fingerprint density at radius 3 is 2.85 bits per heavy atom. The van der Waals surface area contributed by atoms with Gasteiger partial charge in [-0.1, -0.05) is 37.0 Å². The van der Waals surface area contributed by atoms with Crippen molar-refractivity contribution in [2.45, 2.75) is 19.9 Å². The van der Waals surface area contributed by atoms with E-state index in [1.54, 1.807) is 17.4 Å². The van der Waals surface area contributed by atoms with Gasteiger partial charge in [-0.05, 0) is 42.1 Å². The summed E-state index contributed by atoms with van der Waals surface area (Å²) >= 11 is 1.67. The van der Waals surface area contributed by atoms with Crippen molar-refractivity contribution in [3.8, 4) is 17.6 Å². The van der Waals surface area contributed by atoms with E-state index in [2.05, 4.69) is 23.7 Å². The normalized spacial score (nSPS) is 10.3. The number of phenolic OH excluding ortho intramolecular Hbond substituents is 1. The summed E-state index contributed by atoms with van der Waals surface area (Å²) in [6.07, 6.45) is 1.10. The van der Waals surface area contributed by atoms with Gasteiger partial charge in [0.05, 0.1) is 11.4 Å². The standard InChI is InChI=1S/C17H19NOS/c1-2-10-18(11-4-8-17-9-5-12-20-17)14-15-6-3-7-16(19)13-15/h3,5-7,9,12-13,19H,2,10-11,14H2,1H3. The largest absolute Gasteiger partial charge is 0.508 e. The molecule has 1 aromatic carbocycles. The average Bonchev–Trinajstić information content (AvgIpc) is 2.92. The van der Waals surface area contributed by atoms with Gasteiger partial charge in [-0.3, -0.25) is 4.90 Å². The highest BCUT2D eigenvalue weighted by atomic mass is 32.1. The summed E-state index contributed by atoms with van der Waals surface area (Å²) in [5.41, 5.74) is 1.12. The molecule has 0 aliphatic rings. The summed E-state index contributed by atoms with van der Waals surface area (Å²) in [5.74, 6) is 6.74. The first-order chi connectivity index (χ1) is 9.78. The van der Waals surface area contributed by atoms with Gasteiger partial charge in [0.2, 0.25) is 0 Å². The molecule has 1 N–H and O–H groups in total. The van der Waals surface area contributed by atoms with E-state index in [1.807, 2.05) is 35.7 Å². The second-order valence-electron chi connectivity index (χ2n) is 4.66. The van der Waals surface area contributed by atoms with Gasteiger partial charge in [-0.2, -0.15) is 0 Å². The van der Waals surface area contributed by atoms with Crippen LogP contribution in [-0.4, -0.2) is 23.1 Å². The fraction of sp³-hybridized carbons (Fsp3) is 0.294. The Morgan fingerprint density at radius 1 is 1.25 bits per heavy atom. The third-order valence-corrected chi connectivity index (χ3v) is 3.68. The van der Waals surface area contributed by atoms with Crippen molar-refractivity contribution < 1.29 is 5.11 Å². The number of hydrogen-bond acceptors (Lipinski definition) is 3. The zero-order valence-electron chi connectivity index (χ0n) is 11.7. The van der Waals surface area contributed by atoms with Gasteiger partial charge < -0.3 is 5.11 Å². The molecule has 0 fully saturated rings. The second-order valence-corrected chi connectivity index (χ2v) is 5.61. The van der Waals surface area contributed by atoms with Crippen molar-refractivity contribution in [2.24, 2.45) is 0 Å². The van der Waals surface area contributed by atoms with E-state index < -0.39 is 0 Å². The zero-order chi connectivity index (χ0) is 14.2. The number of aromatic hydroxyl groups is 1. The lowest BCUT2D eigenvalue weighted by molar-refractivity contribution is 0.299. The van der Waals surface area contributed by atoms with Gasteiger partial charge in [0.25, 0.3) is 0 Å². The van der Waals surface area contributed by atoms with E-state index in [9.17, 15) is 5.11 Å². The van der Waals surface area contributed by atoms with Crippen molar-refractivity contribution in [1.82, 2.24) is 4.90 Å². The maximum absolute atomic E-state index is 9.51. The van der Waals surface area contributed by atoms with Crippen molar-refractivity contribution in [2.75, 3.05) is 13.1 Å². The average molecular weight is 285 g/mol. The number of benzene rings is 1. The summed E-state index contributed by atoms with van der Waals surface area (Å²) in [6.45, 7) is 4.75. The molecular weight excluding hydrogens is 266 g/mol. The van der Waals surface area contributed by atoms with Crippen LogP contribution in [0.1, 0.15) is 23.8 Å². The van der Waals surface area contributed by atoms with E-state index in [-0.39, 0.29) is 0 Å². The van der Waals surface area contributed by atoms with Crippen LogP contribution in [0.15, 0.2) is 41.8 Å². The number of nitrogens with zero attached hydrogens (tertiary/aromatic N) is 1. The third-order valence-electron chi connectivity index (χ3n) is 2.89. The van der Waals surface area contributed by atoms with Crippen LogP contribution in [0.3, 0.4) is 0 Å². The second kappa shape index (κ2) is 7.74. The van der Waals surface area contributed by atoms with Crippen LogP contribution in [-0.2, 0) is 6.54 Å². The Labute approximate surface area is 124 Å². The SMILES string of the molecule is CCCN(CC#Cc1cccs1)Cc1cccc(O)c1. The first-order valence-corrected chi connectivity index (χ1v) is 7.68. The van der Waals surface area contributed by atoms with Crippen LogP contribution in [0.25, 0.3) is 0 Å². The maximum atomic E-state index is 9.51. The summed E-state index contributed by atoms with van der Waals surface area (Å²) in [7, 11) is 0. The number of rotatable bonds is 5. The van der Waals surface area contributed by atoms with E-state index in [4.69, 9.17) is 0 Å². The van der Waals surface area contributed by atoms with Crippen molar-refractivity contribution >= 4 is 11.3 Å². The molecule has 2 rings (SSSR count). The molecule has 0 saturated carbocycles. The molecular formula is C17H19NOS. The fourth-order valence-corrected chi connectivity index (χ4v) is 2.62. The number of thiophene rings is 1. The fourth-order valence-electron chi connectivity index (χ4n) is 2.03. The monoisotopic (exact) mass is 285 g/mol. The molecule has 2 aromatic rings. The molecule has 104 valence electrons. The van der Waals surface area contributed by atoms with Gasteiger partial charge in [0.15, 0.2) is 0 Å². The summed E-state index contributed by atoms with van der Waals surface area (Å²) in [4.78, 5) is 3.41. The predicted octanol–water partition coefficient (Wildman–Crippen LogP) is 3.72. The minimum absolute atomic E-state index is 0.323. The molecule has 0 aliphatic carbocycles. The number of phenols is 1. The third kappa shape index (κ3) is 4.73. The molecule has 0 atom stereocenters. The molecule has 0 radical (unpaired) electrons. The van der Waals surface area contributed by atoms with Gasteiger partial charge >= 0.3 is 0 Å².